The van der Waals surface area contributed by atoms with E-state index in [0.717, 1.165) is 37.8 Å². The van der Waals surface area contributed by atoms with Gasteiger partial charge in [-0.3, -0.25) is 4.79 Å². The molecule has 1 fully saturated rings. The first-order valence-corrected chi connectivity index (χ1v) is 12.7. The molecule has 0 saturated carbocycles. The number of likely N-dealkylation sites (tertiary alicyclic amines) is 1. The minimum absolute atomic E-state index is 0.151. The highest BCUT2D eigenvalue weighted by Gasteiger charge is 2.26. The number of aryl methyl sites for hydroxylation is 2. The molecule has 1 amide bonds. The van der Waals surface area contributed by atoms with Crippen LogP contribution < -0.4 is 4.72 Å². The van der Waals surface area contributed by atoms with Gasteiger partial charge in [0.2, 0.25) is 15.9 Å². The summed E-state index contributed by atoms with van der Waals surface area (Å²) in [6.45, 7) is 5.83. The van der Waals surface area contributed by atoms with Crippen molar-refractivity contribution in [2.24, 2.45) is 11.8 Å². The minimum atomic E-state index is -3.52. The molecule has 1 aliphatic rings. The molecule has 0 aliphatic carbocycles. The standard InChI is InChI=1S/C25H34N2O3S/c1-20-11-14-24(15-12-20)31(29,30)26-18-23-9-6-16-27(19-23)25(28)17-21(2)10-13-22-7-4-3-5-8-22/h3-5,7-8,11-12,14-15,21,23,26H,6,9-10,13,16-19H2,1-2H3. The average Bonchev–Trinajstić information content (AvgIpc) is 2.77. The van der Waals surface area contributed by atoms with Gasteiger partial charge in [-0.05, 0) is 62.1 Å². The Morgan fingerprint density at radius 1 is 1.13 bits per heavy atom. The zero-order valence-corrected chi connectivity index (χ0v) is 19.4. The molecule has 1 aliphatic heterocycles. The predicted molar refractivity (Wildman–Crippen MR) is 124 cm³/mol. The average molecular weight is 443 g/mol. The van der Waals surface area contributed by atoms with Gasteiger partial charge in [0, 0.05) is 26.1 Å². The number of carbonyl (C=O) groups is 1. The molecule has 1 N–H and O–H groups in total. The van der Waals surface area contributed by atoms with Crippen molar-refractivity contribution < 1.29 is 13.2 Å². The van der Waals surface area contributed by atoms with Crippen LogP contribution >= 0.6 is 0 Å². The SMILES string of the molecule is Cc1ccc(S(=O)(=O)NCC2CCCN(C(=O)CC(C)CCc3ccccc3)C2)cc1. The second kappa shape index (κ2) is 10.9. The van der Waals surface area contributed by atoms with Crippen LogP contribution in [0.4, 0.5) is 0 Å². The van der Waals surface area contributed by atoms with Crippen LogP contribution in [0.3, 0.4) is 0 Å². The summed E-state index contributed by atoms with van der Waals surface area (Å²) in [6, 6.07) is 17.2. The van der Waals surface area contributed by atoms with E-state index in [1.165, 1.54) is 5.56 Å². The van der Waals surface area contributed by atoms with Crippen molar-refractivity contribution in [2.45, 2.75) is 50.8 Å². The third-order valence-corrected chi connectivity index (χ3v) is 7.50. The van der Waals surface area contributed by atoms with Gasteiger partial charge in [0.15, 0.2) is 0 Å². The Morgan fingerprint density at radius 2 is 1.84 bits per heavy atom. The summed E-state index contributed by atoms with van der Waals surface area (Å²) in [4.78, 5) is 15.0. The summed E-state index contributed by atoms with van der Waals surface area (Å²) in [5.41, 5.74) is 2.33. The Labute approximate surface area is 186 Å². The van der Waals surface area contributed by atoms with E-state index < -0.39 is 10.0 Å². The topological polar surface area (TPSA) is 66.5 Å². The van der Waals surface area contributed by atoms with Crippen molar-refractivity contribution in [3.63, 3.8) is 0 Å². The molecule has 6 heteroatoms. The van der Waals surface area contributed by atoms with Gasteiger partial charge in [-0.15, -0.1) is 0 Å². The number of amides is 1. The van der Waals surface area contributed by atoms with Crippen molar-refractivity contribution in [1.29, 1.82) is 0 Å². The first kappa shape index (κ1) is 23.5. The maximum atomic E-state index is 12.8. The number of carbonyl (C=O) groups excluding carboxylic acids is 1. The molecule has 1 saturated heterocycles. The van der Waals surface area contributed by atoms with Crippen LogP contribution in [-0.2, 0) is 21.2 Å². The highest BCUT2D eigenvalue weighted by atomic mass is 32.2. The minimum Gasteiger partial charge on any atom is -0.342 e. The van der Waals surface area contributed by atoms with Crippen molar-refractivity contribution in [1.82, 2.24) is 9.62 Å². The van der Waals surface area contributed by atoms with Crippen LogP contribution in [0, 0.1) is 18.8 Å². The molecular formula is C25H34N2O3S. The lowest BCUT2D eigenvalue weighted by Crippen LogP contribution is -2.44. The van der Waals surface area contributed by atoms with E-state index in [2.05, 4.69) is 23.8 Å². The number of piperidine rings is 1. The van der Waals surface area contributed by atoms with Gasteiger partial charge < -0.3 is 4.90 Å². The van der Waals surface area contributed by atoms with Crippen molar-refractivity contribution >= 4 is 15.9 Å². The van der Waals surface area contributed by atoms with E-state index in [9.17, 15) is 13.2 Å². The molecule has 0 spiro atoms. The summed E-state index contributed by atoms with van der Waals surface area (Å²) in [5.74, 6) is 0.664. The third kappa shape index (κ3) is 7.18. The van der Waals surface area contributed by atoms with E-state index in [1.54, 1.807) is 24.3 Å². The van der Waals surface area contributed by atoms with Crippen molar-refractivity contribution in [3.05, 3.63) is 65.7 Å². The number of sulfonamides is 1. The van der Waals surface area contributed by atoms with Crippen LogP contribution in [0.2, 0.25) is 0 Å². The number of benzene rings is 2. The second-order valence-electron chi connectivity index (χ2n) is 8.85. The van der Waals surface area contributed by atoms with Gasteiger partial charge in [0.25, 0.3) is 0 Å². The third-order valence-electron chi connectivity index (χ3n) is 6.06. The molecule has 3 rings (SSSR count). The lowest BCUT2D eigenvalue weighted by atomic mass is 9.95. The summed E-state index contributed by atoms with van der Waals surface area (Å²) in [5, 5.41) is 0. The molecule has 168 valence electrons. The molecule has 0 aromatic heterocycles. The number of nitrogens with zero attached hydrogens (tertiary/aromatic N) is 1. The van der Waals surface area contributed by atoms with Gasteiger partial charge in [0.05, 0.1) is 4.90 Å². The van der Waals surface area contributed by atoms with Gasteiger partial charge in [-0.2, -0.15) is 0 Å². The fourth-order valence-electron chi connectivity index (χ4n) is 4.07. The number of hydrogen-bond donors (Lipinski definition) is 1. The maximum Gasteiger partial charge on any atom is 0.240 e. The van der Waals surface area contributed by atoms with Crippen molar-refractivity contribution in [3.8, 4) is 0 Å². The number of nitrogens with one attached hydrogen (secondary N) is 1. The summed E-state index contributed by atoms with van der Waals surface area (Å²) in [7, 11) is -3.52. The van der Waals surface area contributed by atoms with Crippen molar-refractivity contribution in [2.75, 3.05) is 19.6 Å². The molecule has 2 aromatic carbocycles. The Kier molecular flexibility index (Phi) is 8.27. The quantitative estimate of drug-likeness (QED) is 0.634. The fourth-order valence-corrected chi connectivity index (χ4v) is 5.19. The summed E-state index contributed by atoms with van der Waals surface area (Å²) < 4.78 is 27.8. The normalized spacial score (nSPS) is 18.0. The molecule has 2 aromatic rings. The molecule has 5 nitrogen and oxygen atoms in total. The summed E-state index contributed by atoms with van der Waals surface area (Å²) in [6.07, 6.45) is 4.38. The summed E-state index contributed by atoms with van der Waals surface area (Å²) >= 11 is 0. The fraction of sp³-hybridized carbons (Fsp3) is 0.480. The predicted octanol–water partition coefficient (Wildman–Crippen LogP) is 4.17. The second-order valence-corrected chi connectivity index (χ2v) is 10.6. The van der Waals surface area contributed by atoms with E-state index in [4.69, 9.17) is 0 Å². The van der Waals surface area contributed by atoms with E-state index >= 15 is 0 Å². The van der Waals surface area contributed by atoms with E-state index in [1.807, 2.05) is 30.0 Å². The zero-order chi connectivity index (χ0) is 22.3. The van der Waals surface area contributed by atoms with Gasteiger partial charge >= 0.3 is 0 Å². The van der Waals surface area contributed by atoms with Crippen LogP contribution in [0.1, 0.15) is 43.7 Å². The first-order valence-electron chi connectivity index (χ1n) is 11.2. The smallest absolute Gasteiger partial charge is 0.240 e. The molecule has 2 unspecified atom stereocenters. The lowest BCUT2D eigenvalue weighted by molar-refractivity contribution is -0.133. The first-order chi connectivity index (χ1) is 14.8. The lowest BCUT2D eigenvalue weighted by Gasteiger charge is -2.33. The number of hydrogen-bond acceptors (Lipinski definition) is 3. The van der Waals surface area contributed by atoms with E-state index in [0.29, 0.717) is 25.4 Å². The van der Waals surface area contributed by atoms with Gasteiger partial charge in [0.1, 0.15) is 0 Å². The Morgan fingerprint density at radius 3 is 2.55 bits per heavy atom. The van der Waals surface area contributed by atoms with Gasteiger partial charge in [-0.25, -0.2) is 13.1 Å². The highest BCUT2D eigenvalue weighted by Crippen LogP contribution is 2.20. The zero-order valence-electron chi connectivity index (χ0n) is 18.6. The van der Waals surface area contributed by atoms with Crippen LogP contribution in [0.25, 0.3) is 0 Å². The molecule has 1 heterocycles. The van der Waals surface area contributed by atoms with Crippen LogP contribution in [0.5, 0.6) is 0 Å². The Hall–Kier alpha value is -2.18. The molecule has 2 atom stereocenters. The Balaban J connectivity index is 1.45. The monoisotopic (exact) mass is 442 g/mol. The Bertz CT molecular complexity index is 942. The van der Waals surface area contributed by atoms with Crippen LogP contribution in [0.15, 0.2) is 59.5 Å². The molecular weight excluding hydrogens is 408 g/mol. The largest absolute Gasteiger partial charge is 0.342 e. The molecule has 0 bridgehead atoms. The molecule has 31 heavy (non-hydrogen) atoms. The van der Waals surface area contributed by atoms with E-state index in [-0.39, 0.29) is 16.7 Å². The van der Waals surface area contributed by atoms with Gasteiger partial charge in [-0.1, -0.05) is 55.0 Å². The number of rotatable bonds is 9. The molecule has 0 radical (unpaired) electrons. The van der Waals surface area contributed by atoms with Crippen LogP contribution in [-0.4, -0.2) is 38.9 Å². The maximum absolute atomic E-state index is 12.8. The highest BCUT2D eigenvalue weighted by molar-refractivity contribution is 7.89.